The van der Waals surface area contributed by atoms with Crippen LogP contribution in [0.25, 0.3) is 0 Å². The van der Waals surface area contributed by atoms with E-state index < -0.39 is 97.5 Å². The number of carbonyl (C=O) groups is 4. The van der Waals surface area contributed by atoms with Gasteiger partial charge >= 0.3 is 39.5 Å². The molecule has 0 fully saturated rings. The molecule has 0 aliphatic carbocycles. The number of rotatable bonds is 69. The number of carbonyl (C=O) groups excluding carboxylic acids is 4. The van der Waals surface area contributed by atoms with E-state index in [9.17, 15) is 43.2 Å². The molecule has 0 aromatic carbocycles. The third-order valence-corrected chi connectivity index (χ3v) is 17.9. The first-order valence-corrected chi connectivity index (χ1v) is 39.1. The van der Waals surface area contributed by atoms with Crippen molar-refractivity contribution in [2.75, 3.05) is 39.6 Å². The van der Waals surface area contributed by atoms with Gasteiger partial charge in [0.1, 0.15) is 19.3 Å². The van der Waals surface area contributed by atoms with Crippen molar-refractivity contribution in [2.45, 2.75) is 374 Å². The maximum atomic E-state index is 13.0. The van der Waals surface area contributed by atoms with Crippen molar-refractivity contribution in [1.29, 1.82) is 0 Å². The zero-order valence-electron chi connectivity index (χ0n) is 56.9. The van der Waals surface area contributed by atoms with Gasteiger partial charge in [0.15, 0.2) is 12.2 Å². The Bertz CT molecular complexity index is 1700. The first-order chi connectivity index (χ1) is 42.5. The van der Waals surface area contributed by atoms with Gasteiger partial charge < -0.3 is 33.8 Å². The van der Waals surface area contributed by atoms with Gasteiger partial charge in [-0.05, 0) is 31.6 Å². The molecule has 0 saturated heterocycles. The summed E-state index contributed by atoms with van der Waals surface area (Å²) in [4.78, 5) is 72.4. The van der Waals surface area contributed by atoms with Crippen molar-refractivity contribution >= 4 is 39.5 Å². The second-order valence-electron chi connectivity index (χ2n) is 25.4. The molecule has 0 spiro atoms. The van der Waals surface area contributed by atoms with Crippen LogP contribution in [0.3, 0.4) is 0 Å². The van der Waals surface area contributed by atoms with E-state index in [1.54, 1.807) is 0 Å². The molecule has 0 saturated carbocycles. The summed E-state index contributed by atoms with van der Waals surface area (Å²) in [5, 5.41) is 10.6. The minimum Gasteiger partial charge on any atom is -0.462 e. The Morgan fingerprint density at radius 2 is 0.523 bits per heavy atom. The Kier molecular flexibility index (Phi) is 61.1. The van der Waals surface area contributed by atoms with Gasteiger partial charge in [-0.25, -0.2) is 9.13 Å². The van der Waals surface area contributed by atoms with E-state index in [-0.39, 0.29) is 25.7 Å². The van der Waals surface area contributed by atoms with Crippen LogP contribution in [-0.4, -0.2) is 96.7 Å². The summed E-state index contributed by atoms with van der Waals surface area (Å²) in [5.74, 6) is -1.43. The van der Waals surface area contributed by atoms with E-state index in [0.29, 0.717) is 31.6 Å². The summed E-state index contributed by atoms with van der Waals surface area (Å²) >= 11 is 0. The Morgan fingerprint density at radius 1 is 0.307 bits per heavy atom. The number of hydrogen-bond acceptors (Lipinski definition) is 15. The molecular weight excluding hydrogens is 1160 g/mol. The van der Waals surface area contributed by atoms with Crippen LogP contribution in [0.5, 0.6) is 0 Å². The number of hydrogen-bond donors (Lipinski definition) is 3. The summed E-state index contributed by atoms with van der Waals surface area (Å²) < 4.78 is 68.2. The van der Waals surface area contributed by atoms with Gasteiger partial charge in [-0.3, -0.25) is 37.3 Å². The molecule has 0 radical (unpaired) electrons. The van der Waals surface area contributed by atoms with Crippen LogP contribution in [0.15, 0.2) is 0 Å². The second-order valence-corrected chi connectivity index (χ2v) is 28.3. The first kappa shape index (κ1) is 86.1. The van der Waals surface area contributed by atoms with Gasteiger partial charge in [-0.2, -0.15) is 0 Å². The number of aliphatic hydroxyl groups is 1. The summed E-state index contributed by atoms with van der Waals surface area (Å²) in [6.45, 7) is 7.16. The van der Waals surface area contributed by atoms with Crippen LogP contribution in [0.4, 0.5) is 0 Å². The molecule has 0 amide bonds. The number of aliphatic hydroxyl groups excluding tert-OH is 1. The van der Waals surface area contributed by atoms with E-state index in [1.165, 1.54) is 180 Å². The maximum Gasteiger partial charge on any atom is 0.472 e. The predicted molar refractivity (Wildman–Crippen MR) is 354 cm³/mol. The minimum atomic E-state index is -4.95. The summed E-state index contributed by atoms with van der Waals surface area (Å²) in [5.41, 5.74) is 0. The molecule has 2 unspecified atom stereocenters. The fourth-order valence-corrected chi connectivity index (χ4v) is 12.0. The molecule has 0 bridgehead atoms. The SMILES string of the molecule is CCCCCCCCCCCCCCCCCCCC(=O)O[C@H](COC(=O)CCCCCCCCCCCCCC)COP(=O)(O)OC[C@@H](O)COP(=O)(O)OC[C@@H](COC(=O)CCCCCCCCCCC)OC(=O)CCCCCCCCCC(C)C. The molecule has 522 valence electrons. The maximum absolute atomic E-state index is 13.0. The smallest absolute Gasteiger partial charge is 0.462 e. The van der Waals surface area contributed by atoms with E-state index in [1.807, 2.05) is 0 Å². The fourth-order valence-electron chi connectivity index (χ4n) is 10.5. The van der Waals surface area contributed by atoms with Crippen LogP contribution >= 0.6 is 15.6 Å². The van der Waals surface area contributed by atoms with Crippen LogP contribution in [0, 0.1) is 5.92 Å². The molecule has 19 heteroatoms. The Balaban J connectivity index is 5.21. The molecule has 3 N–H and O–H groups in total. The average Bonchev–Trinajstić information content (AvgIpc) is 3.62. The third-order valence-electron chi connectivity index (χ3n) is 16.0. The van der Waals surface area contributed by atoms with Gasteiger partial charge in [-0.1, -0.05) is 304 Å². The normalized spacial score (nSPS) is 14.1. The lowest BCUT2D eigenvalue weighted by Crippen LogP contribution is -2.30. The van der Waals surface area contributed by atoms with Gasteiger partial charge in [0.05, 0.1) is 26.4 Å². The third kappa shape index (κ3) is 62.8. The Labute approximate surface area is 537 Å². The van der Waals surface area contributed by atoms with E-state index >= 15 is 0 Å². The van der Waals surface area contributed by atoms with Crippen molar-refractivity contribution in [3.05, 3.63) is 0 Å². The highest BCUT2D eigenvalue weighted by Gasteiger charge is 2.30. The molecule has 0 aliphatic rings. The fraction of sp³-hybridized carbons (Fsp3) is 0.942. The number of esters is 4. The molecule has 5 atom stereocenters. The average molecular weight is 1300 g/mol. The largest absolute Gasteiger partial charge is 0.472 e. The van der Waals surface area contributed by atoms with Gasteiger partial charge in [-0.15, -0.1) is 0 Å². The van der Waals surface area contributed by atoms with Gasteiger partial charge in [0, 0.05) is 25.7 Å². The molecule has 0 rings (SSSR count). The summed E-state index contributed by atoms with van der Waals surface area (Å²) in [6, 6.07) is 0. The van der Waals surface area contributed by atoms with Crippen molar-refractivity contribution in [2.24, 2.45) is 5.92 Å². The van der Waals surface area contributed by atoms with Crippen molar-refractivity contribution in [3.8, 4) is 0 Å². The lowest BCUT2D eigenvalue weighted by molar-refractivity contribution is -0.161. The highest BCUT2D eigenvalue weighted by molar-refractivity contribution is 7.47. The molecule has 88 heavy (non-hydrogen) atoms. The first-order valence-electron chi connectivity index (χ1n) is 36.1. The van der Waals surface area contributed by atoms with Crippen LogP contribution in [0.1, 0.15) is 356 Å². The lowest BCUT2D eigenvalue weighted by atomic mass is 10.0. The van der Waals surface area contributed by atoms with Crippen LogP contribution < -0.4 is 0 Å². The van der Waals surface area contributed by atoms with E-state index in [0.717, 1.165) is 89.9 Å². The number of ether oxygens (including phenoxy) is 4. The molecule has 0 aromatic heterocycles. The molecule has 0 aliphatic heterocycles. The zero-order chi connectivity index (χ0) is 64.9. The van der Waals surface area contributed by atoms with Crippen molar-refractivity contribution < 1.29 is 80.2 Å². The summed E-state index contributed by atoms with van der Waals surface area (Å²) in [7, 11) is -9.89. The number of unbranched alkanes of at least 4 members (excludes halogenated alkanes) is 41. The molecular formula is C69H134O17P2. The monoisotopic (exact) mass is 1300 g/mol. The van der Waals surface area contributed by atoms with Gasteiger partial charge in [0.25, 0.3) is 0 Å². The predicted octanol–water partition coefficient (Wildman–Crippen LogP) is 19.7. The summed E-state index contributed by atoms with van der Waals surface area (Å²) in [6.07, 6.45) is 48.6. The topological polar surface area (TPSA) is 237 Å². The Hall–Kier alpha value is -1.94. The van der Waals surface area contributed by atoms with Gasteiger partial charge in [0.2, 0.25) is 0 Å². The van der Waals surface area contributed by atoms with Crippen LogP contribution in [0.2, 0.25) is 0 Å². The zero-order valence-corrected chi connectivity index (χ0v) is 58.6. The van der Waals surface area contributed by atoms with Crippen molar-refractivity contribution in [1.82, 2.24) is 0 Å². The van der Waals surface area contributed by atoms with Crippen molar-refractivity contribution in [3.63, 3.8) is 0 Å². The highest BCUT2D eigenvalue weighted by Crippen LogP contribution is 2.45. The highest BCUT2D eigenvalue weighted by atomic mass is 31.2. The number of phosphoric ester groups is 2. The van der Waals surface area contributed by atoms with E-state index in [2.05, 4.69) is 34.6 Å². The molecule has 17 nitrogen and oxygen atoms in total. The van der Waals surface area contributed by atoms with E-state index in [4.69, 9.17) is 37.0 Å². The quantitative estimate of drug-likeness (QED) is 0.0222. The number of phosphoric acid groups is 2. The van der Waals surface area contributed by atoms with Crippen LogP contribution in [-0.2, 0) is 65.4 Å². The second kappa shape index (κ2) is 62.5. The minimum absolute atomic E-state index is 0.104. The molecule has 0 aromatic rings. The lowest BCUT2D eigenvalue weighted by Gasteiger charge is -2.21. The Morgan fingerprint density at radius 3 is 0.773 bits per heavy atom. The molecule has 0 heterocycles. The standard InChI is InChI=1S/C69H134O17P2/c1-6-9-12-15-18-21-23-25-26-27-28-29-31-34-39-44-49-54-68(73)85-64(58-80-67(72)53-48-43-38-33-30-24-22-19-16-13-10-7-2)60-83-87(75,76)81-56-63(70)57-82-88(77,78)84-61-65(59-79-66(71)52-47-42-37-32-20-17-14-11-8-3)86-69(74)55-50-45-40-35-36-41-46-51-62(4)5/h62-65,70H,6-61H2,1-5H3,(H,75,76)(H,77,78)/t63-,64-,65-/m1/s1.